The number of rotatable bonds is 3. The summed E-state index contributed by atoms with van der Waals surface area (Å²) in [5.74, 6) is 0.562. The normalized spacial score (nSPS) is 10.9. The van der Waals surface area contributed by atoms with Crippen LogP contribution >= 0.6 is 0 Å². The van der Waals surface area contributed by atoms with Crippen molar-refractivity contribution in [1.82, 2.24) is 14.5 Å². The van der Waals surface area contributed by atoms with Gasteiger partial charge in [0, 0.05) is 12.7 Å². The Morgan fingerprint density at radius 2 is 2.36 bits per heavy atom. The molecule has 4 nitrogen and oxygen atoms in total. The molecule has 74 valence electrons. The van der Waals surface area contributed by atoms with Crippen molar-refractivity contribution in [3.05, 3.63) is 18.3 Å². The Hall–Kier alpha value is -1.58. The lowest BCUT2D eigenvalue weighted by atomic mass is 10.3. The van der Waals surface area contributed by atoms with Gasteiger partial charge in [-0.25, -0.2) is 9.97 Å². The highest BCUT2D eigenvalue weighted by Crippen LogP contribution is 2.15. The van der Waals surface area contributed by atoms with E-state index < -0.39 is 0 Å². The molecule has 0 aliphatic rings. The summed E-state index contributed by atoms with van der Waals surface area (Å²) >= 11 is 0. The first-order chi connectivity index (χ1) is 6.83. The predicted octanol–water partition coefficient (Wildman–Crippen LogP) is 1.81. The van der Waals surface area contributed by atoms with Gasteiger partial charge in [-0.05, 0) is 18.6 Å². The van der Waals surface area contributed by atoms with Crippen LogP contribution in [0, 0.1) is 0 Å². The molecule has 0 atom stereocenters. The number of nitrogens with two attached hydrogens (primary N) is 1. The van der Waals surface area contributed by atoms with Gasteiger partial charge in [-0.2, -0.15) is 0 Å². The predicted molar refractivity (Wildman–Crippen MR) is 56.8 cm³/mol. The van der Waals surface area contributed by atoms with Crippen molar-refractivity contribution in [2.45, 2.75) is 26.3 Å². The fraction of sp³-hybridized carbons (Fsp3) is 0.400. The molecule has 0 aliphatic heterocycles. The smallest absolute Gasteiger partial charge is 0.202 e. The van der Waals surface area contributed by atoms with Gasteiger partial charge < -0.3 is 5.73 Å². The maximum Gasteiger partial charge on any atom is 0.202 e. The van der Waals surface area contributed by atoms with Gasteiger partial charge in [0.05, 0.1) is 0 Å². The van der Waals surface area contributed by atoms with Gasteiger partial charge in [0.25, 0.3) is 0 Å². The van der Waals surface area contributed by atoms with Gasteiger partial charge in [-0.15, -0.1) is 0 Å². The van der Waals surface area contributed by atoms with Crippen molar-refractivity contribution in [2.75, 3.05) is 5.73 Å². The number of aromatic nitrogens is 3. The van der Waals surface area contributed by atoms with E-state index in [1.165, 1.54) is 0 Å². The Morgan fingerprint density at radius 3 is 3.14 bits per heavy atom. The van der Waals surface area contributed by atoms with Crippen LogP contribution in [-0.4, -0.2) is 14.5 Å². The Morgan fingerprint density at radius 1 is 1.50 bits per heavy atom. The number of pyridine rings is 1. The molecule has 2 aromatic rings. The molecular weight excluding hydrogens is 176 g/mol. The van der Waals surface area contributed by atoms with Crippen molar-refractivity contribution in [1.29, 1.82) is 0 Å². The van der Waals surface area contributed by atoms with E-state index in [1.807, 2.05) is 16.7 Å². The molecule has 2 aromatic heterocycles. The van der Waals surface area contributed by atoms with E-state index >= 15 is 0 Å². The van der Waals surface area contributed by atoms with Gasteiger partial charge in [0.15, 0.2) is 5.65 Å². The monoisotopic (exact) mass is 190 g/mol. The quantitative estimate of drug-likeness (QED) is 0.803. The number of aryl methyl sites for hydroxylation is 1. The summed E-state index contributed by atoms with van der Waals surface area (Å²) in [6, 6.07) is 3.81. The number of fused-ring (bicyclic) bond motifs is 1. The van der Waals surface area contributed by atoms with Crippen LogP contribution in [0.3, 0.4) is 0 Å². The molecule has 14 heavy (non-hydrogen) atoms. The molecule has 0 unspecified atom stereocenters. The van der Waals surface area contributed by atoms with Crippen molar-refractivity contribution >= 4 is 17.1 Å². The molecule has 4 heteroatoms. The van der Waals surface area contributed by atoms with E-state index in [9.17, 15) is 0 Å². The van der Waals surface area contributed by atoms with Crippen molar-refractivity contribution in [3.63, 3.8) is 0 Å². The highest BCUT2D eigenvalue weighted by Gasteiger charge is 2.06. The largest absolute Gasteiger partial charge is 0.369 e. The fourth-order valence-electron chi connectivity index (χ4n) is 1.51. The third kappa shape index (κ3) is 1.43. The molecule has 2 rings (SSSR count). The van der Waals surface area contributed by atoms with Crippen molar-refractivity contribution in [3.8, 4) is 0 Å². The highest BCUT2D eigenvalue weighted by atomic mass is 15.2. The Balaban J connectivity index is 2.45. The first kappa shape index (κ1) is 8.99. The number of hydrogen-bond donors (Lipinski definition) is 1. The van der Waals surface area contributed by atoms with E-state index in [0.717, 1.165) is 30.6 Å². The maximum atomic E-state index is 5.81. The third-order valence-electron chi connectivity index (χ3n) is 2.27. The van der Waals surface area contributed by atoms with Crippen LogP contribution in [0.5, 0.6) is 0 Å². The van der Waals surface area contributed by atoms with E-state index in [1.54, 1.807) is 6.20 Å². The van der Waals surface area contributed by atoms with Gasteiger partial charge in [0.1, 0.15) is 5.52 Å². The number of anilines is 1. The lowest BCUT2D eigenvalue weighted by Crippen LogP contribution is -2.03. The summed E-state index contributed by atoms with van der Waals surface area (Å²) in [4.78, 5) is 8.52. The summed E-state index contributed by atoms with van der Waals surface area (Å²) in [5, 5.41) is 0. The van der Waals surface area contributed by atoms with Crippen molar-refractivity contribution in [2.24, 2.45) is 0 Å². The molecule has 2 heterocycles. The number of nitrogen functional groups attached to an aromatic ring is 1. The minimum Gasteiger partial charge on any atom is -0.369 e. The maximum absolute atomic E-state index is 5.81. The zero-order valence-corrected chi connectivity index (χ0v) is 8.27. The van der Waals surface area contributed by atoms with Gasteiger partial charge >= 0.3 is 0 Å². The van der Waals surface area contributed by atoms with E-state index in [2.05, 4.69) is 16.9 Å². The minimum atomic E-state index is 0.562. The molecule has 0 saturated carbocycles. The van der Waals surface area contributed by atoms with Crippen molar-refractivity contribution < 1.29 is 0 Å². The molecule has 0 saturated heterocycles. The third-order valence-corrected chi connectivity index (χ3v) is 2.27. The van der Waals surface area contributed by atoms with Gasteiger partial charge in [0.2, 0.25) is 5.95 Å². The van der Waals surface area contributed by atoms with E-state index in [-0.39, 0.29) is 0 Å². The molecule has 0 radical (unpaired) electrons. The van der Waals surface area contributed by atoms with Crippen LogP contribution in [0.4, 0.5) is 5.95 Å². The highest BCUT2D eigenvalue weighted by molar-refractivity contribution is 5.73. The lowest BCUT2D eigenvalue weighted by Gasteiger charge is -2.03. The van der Waals surface area contributed by atoms with Gasteiger partial charge in [-0.3, -0.25) is 4.57 Å². The molecule has 2 N–H and O–H groups in total. The molecule has 0 fully saturated rings. The summed E-state index contributed by atoms with van der Waals surface area (Å²) in [5.41, 5.74) is 7.57. The zero-order chi connectivity index (χ0) is 9.97. The second kappa shape index (κ2) is 3.65. The Labute approximate surface area is 82.8 Å². The van der Waals surface area contributed by atoms with Crippen LogP contribution in [0.25, 0.3) is 11.2 Å². The Kier molecular flexibility index (Phi) is 2.35. The summed E-state index contributed by atoms with van der Waals surface area (Å²) in [6.45, 7) is 3.05. The first-order valence-electron chi connectivity index (χ1n) is 4.89. The number of hydrogen-bond acceptors (Lipinski definition) is 3. The van der Waals surface area contributed by atoms with Crippen LogP contribution in [0.15, 0.2) is 18.3 Å². The van der Waals surface area contributed by atoms with Gasteiger partial charge in [-0.1, -0.05) is 13.3 Å². The molecule has 0 aromatic carbocycles. The summed E-state index contributed by atoms with van der Waals surface area (Å²) in [6.07, 6.45) is 4.02. The summed E-state index contributed by atoms with van der Waals surface area (Å²) in [7, 11) is 0. The first-order valence-corrected chi connectivity index (χ1v) is 4.89. The minimum absolute atomic E-state index is 0.562. The molecule has 0 spiro atoms. The van der Waals surface area contributed by atoms with Crippen LogP contribution in [-0.2, 0) is 6.54 Å². The van der Waals surface area contributed by atoms with Crippen LogP contribution < -0.4 is 5.73 Å². The standard InChI is InChI=1S/C10H14N4/c1-2-3-7-14-9-8(13-10(14)11)5-4-6-12-9/h4-6H,2-3,7H2,1H3,(H2,11,13). The zero-order valence-electron chi connectivity index (χ0n) is 8.27. The van der Waals surface area contributed by atoms with E-state index in [4.69, 9.17) is 5.73 Å². The topological polar surface area (TPSA) is 56.7 Å². The molecular formula is C10H14N4. The average Bonchev–Trinajstić information content (AvgIpc) is 2.51. The molecule has 0 amide bonds. The van der Waals surface area contributed by atoms with E-state index in [0.29, 0.717) is 5.95 Å². The number of unbranched alkanes of at least 4 members (excludes halogenated alkanes) is 1. The second-order valence-corrected chi connectivity index (χ2v) is 3.32. The SMILES string of the molecule is CCCCn1c(N)nc2cccnc21. The lowest BCUT2D eigenvalue weighted by molar-refractivity contribution is 0.649. The molecule has 0 bridgehead atoms. The van der Waals surface area contributed by atoms with Crippen LogP contribution in [0.1, 0.15) is 19.8 Å². The number of imidazole rings is 1. The second-order valence-electron chi connectivity index (χ2n) is 3.32. The average molecular weight is 190 g/mol. The van der Waals surface area contributed by atoms with Crippen LogP contribution in [0.2, 0.25) is 0 Å². The summed E-state index contributed by atoms with van der Waals surface area (Å²) < 4.78 is 1.97. The Bertz CT molecular complexity index is 433. The number of nitrogens with zero attached hydrogens (tertiary/aromatic N) is 3. The fourth-order valence-corrected chi connectivity index (χ4v) is 1.51. The molecule has 0 aliphatic carbocycles.